The summed E-state index contributed by atoms with van der Waals surface area (Å²) in [5.74, 6) is 1.11. The molecule has 0 radical (unpaired) electrons. The fraction of sp³-hybridized carbons (Fsp3) is 0.111. The van der Waals surface area contributed by atoms with Crippen molar-refractivity contribution in [1.82, 2.24) is 0 Å². The summed E-state index contributed by atoms with van der Waals surface area (Å²) in [7, 11) is 1.63. The molecule has 1 aromatic heterocycles. The lowest BCUT2D eigenvalue weighted by Crippen LogP contribution is -1.79. The van der Waals surface area contributed by atoms with Crippen LogP contribution in [0.5, 0.6) is 11.5 Å². The van der Waals surface area contributed by atoms with E-state index in [2.05, 4.69) is 15.9 Å². The van der Waals surface area contributed by atoms with Crippen molar-refractivity contribution in [3.05, 3.63) is 22.0 Å². The summed E-state index contributed by atoms with van der Waals surface area (Å²) < 4.78 is 6.86. The van der Waals surface area contributed by atoms with E-state index in [9.17, 15) is 5.11 Å². The third-order valence-corrected chi connectivity index (χ3v) is 3.62. The molecule has 1 heterocycles. The van der Waals surface area contributed by atoms with Gasteiger partial charge in [0.25, 0.3) is 0 Å². The number of fused-ring (bicyclic) bond motifs is 1. The molecule has 13 heavy (non-hydrogen) atoms. The Labute approximate surface area is 87.9 Å². The molecule has 0 spiro atoms. The molecule has 0 saturated carbocycles. The van der Waals surface area contributed by atoms with Gasteiger partial charge in [-0.05, 0) is 34.1 Å². The van der Waals surface area contributed by atoms with E-state index in [0.717, 1.165) is 19.6 Å². The zero-order valence-corrected chi connectivity index (χ0v) is 9.28. The first-order chi connectivity index (χ1) is 6.22. The van der Waals surface area contributed by atoms with Crippen LogP contribution in [0.15, 0.2) is 22.0 Å². The second-order valence-corrected chi connectivity index (χ2v) is 4.96. The van der Waals surface area contributed by atoms with Crippen LogP contribution in [0.25, 0.3) is 10.1 Å². The van der Waals surface area contributed by atoms with Crippen LogP contribution in [0.1, 0.15) is 0 Å². The smallest absolute Gasteiger partial charge is 0.148 e. The quantitative estimate of drug-likeness (QED) is 0.850. The lowest BCUT2D eigenvalue weighted by Gasteiger charge is -1.97. The summed E-state index contributed by atoms with van der Waals surface area (Å²) in [6, 6.07) is 5.59. The Morgan fingerprint density at radius 3 is 2.92 bits per heavy atom. The minimum absolute atomic E-state index is 0.308. The van der Waals surface area contributed by atoms with E-state index in [-0.39, 0.29) is 0 Å². The monoisotopic (exact) mass is 258 g/mol. The summed E-state index contributed by atoms with van der Waals surface area (Å²) in [5.41, 5.74) is 0. The molecule has 2 aromatic rings. The van der Waals surface area contributed by atoms with E-state index >= 15 is 0 Å². The second-order valence-electron chi connectivity index (χ2n) is 2.59. The maximum absolute atomic E-state index is 9.58. The molecular weight excluding hydrogens is 252 g/mol. The van der Waals surface area contributed by atoms with Crippen LogP contribution in [0.2, 0.25) is 0 Å². The molecular formula is C9H7BrO2S. The number of methoxy groups -OCH3 is 1. The van der Waals surface area contributed by atoms with Crippen molar-refractivity contribution in [3.8, 4) is 11.5 Å². The molecule has 0 aliphatic rings. The first-order valence-electron chi connectivity index (χ1n) is 3.67. The van der Waals surface area contributed by atoms with Crippen molar-refractivity contribution in [3.63, 3.8) is 0 Å². The number of hydrogen-bond donors (Lipinski definition) is 1. The summed E-state index contributed by atoms with van der Waals surface area (Å²) in [4.78, 5) is 0. The van der Waals surface area contributed by atoms with Gasteiger partial charge in [-0.3, -0.25) is 0 Å². The number of ether oxygens (including phenoxy) is 1. The van der Waals surface area contributed by atoms with Gasteiger partial charge in [-0.25, -0.2) is 0 Å². The summed E-state index contributed by atoms with van der Waals surface area (Å²) in [5, 5.41) is 10.4. The van der Waals surface area contributed by atoms with E-state index < -0.39 is 0 Å². The highest BCUT2D eigenvalue weighted by atomic mass is 79.9. The fourth-order valence-corrected chi connectivity index (χ4v) is 2.75. The first-order valence-corrected chi connectivity index (χ1v) is 5.28. The second kappa shape index (κ2) is 3.20. The normalized spacial score (nSPS) is 10.6. The number of halogens is 1. The molecule has 1 N–H and O–H groups in total. The minimum atomic E-state index is 0.308. The Kier molecular flexibility index (Phi) is 2.17. The zero-order valence-electron chi connectivity index (χ0n) is 6.87. The topological polar surface area (TPSA) is 29.5 Å². The minimum Gasteiger partial charge on any atom is -0.505 e. The van der Waals surface area contributed by atoms with Crippen LogP contribution in [-0.4, -0.2) is 12.2 Å². The van der Waals surface area contributed by atoms with Crippen LogP contribution in [0.3, 0.4) is 0 Å². The van der Waals surface area contributed by atoms with Crippen molar-refractivity contribution >= 4 is 37.4 Å². The van der Waals surface area contributed by atoms with E-state index in [1.54, 1.807) is 7.11 Å². The molecule has 0 aliphatic heterocycles. The first kappa shape index (κ1) is 8.84. The third-order valence-electron chi connectivity index (χ3n) is 1.83. The maximum Gasteiger partial charge on any atom is 0.148 e. The van der Waals surface area contributed by atoms with Gasteiger partial charge < -0.3 is 9.84 Å². The Balaban J connectivity index is 2.73. The molecule has 0 amide bonds. The Hall–Kier alpha value is -0.740. The van der Waals surface area contributed by atoms with Crippen LogP contribution < -0.4 is 4.74 Å². The SMILES string of the molecule is COc1ccc2c(O)c(Br)sc2c1. The Morgan fingerprint density at radius 2 is 2.23 bits per heavy atom. The van der Waals surface area contributed by atoms with E-state index in [0.29, 0.717) is 5.75 Å². The predicted octanol–water partition coefficient (Wildman–Crippen LogP) is 3.38. The van der Waals surface area contributed by atoms with Gasteiger partial charge in [-0.1, -0.05) is 0 Å². The van der Waals surface area contributed by atoms with Crippen LogP contribution >= 0.6 is 27.3 Å². The maximum atomic E-state index is 9.58. The van der Waals surface area contributed by atoms with Crippen molar-refractivity contribution in [2.75, 3.05) is 7.11 Å². The molecule has 2 rings (SSSR count). The van der Waals surface area contributed by atoms with Crippen molar-refractivity contribution in [2.45, 2.75) is 0 Å². The molecule has 2 nitrogen and oxygen atoms in total. The Bertz CT molecular complexity index is 450. The number of thiophene rings is 1. The van der Waals surface area contributed by atoms with Gasteiger partial charge in [0, 0.05) is 10.1 Å². The highest BCUT2D eigenvalue weighted by molar-refractivity contribution is 9.11. The standard InChI is InChI=1S/C9H7BrO2S/c1-12-5-2-3-6-7(4-5)13-9(10)8(6)11/h2-4,11H,1H3. The van der Waals surface area contributed by atoms with Gasteiger partial charge >= 0.3 is 0 Å². The van der Waals surface area contributed by atoms with Crippen molar-refractivity contribution < 1.29 is 9.84 Å². The average Bonchev–Trinajstić information content (AvgIpc) is 2.42. The zero-order chi connectivity index (χ0) is 9.42. The van der Waals surface area contributed by atoms with E-state index in [4.69, 9.17) is 4.74 Å². The van der Waals surface area contributed by atoms with Gasteiger partial charge in [0.1, 0.15) is 15.3 Å². The van der Waals surface area contributed by atoms with Crippen LogP contribution in [0.4, 0.5) is 0 Å². The fourth-order valence-electron chi connectivity index (χ4n) is 1.16. The third kappa shape index (κ3) is 1.40. The van der Waals surface area contributed by atoms with Crippen LogP contribution in [-0.2, 0) is 0 Å². The summed E-state index contributed by atoms with van der Waals surface area (Å²) >= 11 is 4.78. The highest BCUT2D eigenvalue weighted by Crippen LogP contribution is 2.41. The summed E-state index contributed by atoms with van der Waals surface area (Å²) in [6.07, 6.45) is 0. The molecule has 4 heteroatoms. The molecule has 68 valence electrons. The lowest BCUT2D eigenvalue weighted by molar-refractivity contribution is 0.415. The average molecular weight is 259 g/mol. The number of aromatic hydroxyl groups is 1. The van der Waals surface area contributed by atoms with Gasteiger partial charge in [0.15, 0.2) is 0 Å². The number of hydrogen-bond acceptors (Lipinski definition) is 3. The lowest BCUT2D eigenvalue weighted by atomic mass is 10.2. The molecule has 0 saturated heterocycles. The van der Waals surface area contributed by atoms with E-state index in [1.807, 2.05) is 18.2 Å². The van der Waals surface area contributed by atoms with Crippen LogP contribution in [0, 0.1) is 0 Å². The van der Waals surface area contributed by atoms with Crippen molar-refractivity contribution in [2.24, 2.45) is 0 Å². The largest absolute Gasteiger partial charge is 0.505 e. The van der Waals surface area contributed by atoms with Gasteiger partial charge in [-0.15, -0.1) is 11.3 Å². The molecule has 0 unspecified atom stereocenters. The molecule has 0 atom stereocenters. The number of rotatable bonds is 1. The molecule has 0 bridgehead atoms. The van der Waals surface area contributed by atoms with Crippen molar-refractivity contribution in [1.29, 1.82) is 0 Å². The molecule has 1 aromatic carbocycles. The van der Waals surface area contributed by atoms with Gasteiger partial charge in [-0.2, -0.15) is 0 Å². The summed E-state index contributed by atoms with van der Waals surface area (Å²) in [6.45, 7) is 0. The highest BCUT2D eigenvalue weighted by Gasteiger charge is 2.08. The molecule has 0 aliphatic carbocycles. The number of benzene rings is 1. The molecule has 0 fully saturated rings. The van der Waals surface area contributed by atoms with E-state index in [1.165, 1.54) is 11.3 Å². The predicted molar refractivity (Wildman–Crippen MR) is 57.7 cm³/mol. The Morgan fingerprint density at radius 1 is 1.46 bits per heavy atom. The van der Waals surface area contributed by atoms with Gasteiger partial charge in [0.05, 0.1) is 7.11 Å². The van der Waals surface area contributed by atoms with Gasteiger partial charge in [0.2, 0.25) is 0 Å².